The summed E-state index contributed by atoms with van der Waals surface area (Å²) in [4.78, 5) is 57.8. The van der Waals surface area contributed by atoms with Crippen LogP contribution in [0, 0.1) is 0 Å². The molecule has 0 unspecified atom stereocenters. The Morgan fingerprint density at radius 3 is 1.94 bits per heavy atom. The van der Waals surface area contributed by atoms with Gasteiger partial charge in [0, 0.05) is 33.8 Å². The maximum absolute atomic E-state index is 11.8. The Balaban J connectivity index is 3.02. The highest BCUT2D eigenvalue weighted by Crippen LogP contribution is 2.30. The molecule has 1 aliphatic rings. The van der Waals surface area contributed by atoms with Gasteiger partial charge in [-0.2, -0.15) is 0 Å². The smallest absolute Gasteiger partial charge is 0.330 e. The SMILES string of the molecule is CCOC(=O)/C=C/CCCO[C@@H]1O[C@H](COC(C)=O)[C@@H](OC(C)=O)[C@H](OC(C)=O)[C@H]1OC(C)=O. The molecule has 0 aromatic heterocycles. The molecule has 1 aliphatic heterocycles. The van der Waals surface area contributed by atoms with Gasteiger partial charge >= 0.3 is 29.8 Å². The van der Waals surface area contributed by atoms with Gasteiger partial charge in [-0.05, 0) is 19.8 Å². The van der Waals surface area contributed by atoms with Gasteiger partial charge in [0.05, 0.1) is 13.2 Å². The molecule has 0 spiro atoms. The Morgan fingerprint density at radius 1 is 0.794 bits per heavy atom. The molecule has 0 amide bonds. The first-order valence-corrected chi connectivity index (χ1v) is 10.8. The molecule has 12 nitrogen and oxygen atoms in total. The lowest BCUT2D eigenvalue weighted by atomic mass is 9.98. The standard InChI is InChI=1S/C22H32O12/c1-6-28-18(27)10-8-7-9-11-29-22-21(33-16(5)26)20(32-15(4)25)19(31-14(3)24)17(34-22)12-30-13(2)23/h8,10,17,19-22H,6-7,9,11-12H2,1-5H3/b10-8+/t17-,19-,20+,21-,22-/m1/s1. The van der Waals surface area contributed by atoms with E-state index in [1.54, 1.807) is 13.0 Å². The highest BCUT2D eigenvalue weighted by atomic mass is 16.7. The molecule has 12 heteroatoms. The first-order valence-electron chi connectivity index (χ1n) is 10.8. The lowest BCUT2D eigenvalue weighted by Crippen LogP contribution is -2.63. The number of hydrogen-bond donors (Lipinski definition) is 0. The van der Waals surface area contributed by atoms with Gasteiger partial charge in [0.15, 0.2) is 24.6 Å². The summed E-state index contributed by atoms with van der Waals surface area (Å²) in [5.41, 5.74) is 0. The predicted molar refractivity (Wildman–Crippen MR) is 113 cm³/mol. The van der Waals surface area contributed by atoms with Gasteiger partial charge in [0.1, 0.15) is 12.7 Å². The van der Waals surface area contributed by atoms with Crippen LogP contribution in [0.4, 0.5) is 0 Å². The van der Waals surface area contributed by atoms with Crippen LogP contribution in [0.1, 0.15) is 47.5 Å². The number of esters is 5. The van der Waals surface area contributed by atoms with Crippen LogP contribution >= 0.6 is 0 Å². The average molecular weight is 488 g/mol. The molecule has 0 N–H and O–H groups in total. The molecular formula is C22H32O12. The quantitative estimate of drug-likeness (QED) is 0.167. The zero-order valence-electron chi connectivity index (χ0n) is 20.0. The van der Waals surface area contributed by atoms with Crippen LogP contribution in [0.25, 0.3) is 0 Å². The second kappa shape index (κ2) is 15.0. The summed E-state index contributed by atoms with van der Waals surface area (Å²) in [6.45, 7) is 6.36. The van der Waals surface area contributed by atoms with Crippen LogP contribution in [0.15, 0.2) is 12.2 Å². The zero-order chi connectivity index (χ0) is 25.7. The molecule has 0 aromatic carbocycles. The van der Waals surface area contributed by atoms with Crippen LogP contribution in [0.2, 0.25) is 0 Å². The lowest BCUT2D eigenvalue weighted by Gasteiger charge is -2.44. The molecule has 0 saturated carbocycles. The number of ether oxygens (including phenoxy) is 7. The minimum Gasteiger partial charge on any atom is -0.463 e. The molecule has 1 fully saturated rings. The topological polar surface area (TPSA) is 150 Å². The van der Waals surface area contributed by atoms with Crippen molar-refractivity contribution >= 4 is 29.8 Å². The largest absolute Gasteiger partial charge is 0.463 e. The Kier molecular flexibility index (Phi) is 12.8. The van der Waals surface area contributed by atoms with E-state index in [1.165, 1.54) is 13.0 Å². The van der Waals surface area contributed by atoms with E-state index in [1.807, 2.05) is 0 Å². The fraction of sp³-hybridized carbons (Fsp3) is 0.682. The number of rotatable bonds is 12. The van der Waals surface area contributed by atoms with E-state index >= 15 is 0 Å². The van der Waals surface area contributed by atoms with Gasteiger partial charge in [0.25, 0.3) is 0 Å². The van der Waals surface area contributed by atoms with Crippen molar-refractivity contribution in [3.8, 4) is 0 Å². The number of carbonyl (C=O) groups excluding carboxylic acids is 5. The molecule has 1 rings (SSSR count). The minimum absolute atomic E-state index is 0.112. The third-order valence-corrected chi connectivity index (χ3v) is 4.29. The first kappa shape index (κ1) is 29.0. The van der Waals surface area contributed by atoms with Crippen molar-refractivity contribution < 1.29 is 57.1 Å². The molecule has 5 atom stereocenters. The number of hydrogen-bond acceptors (Lipinski definition) is 12. The van der Waals surface area contributed by atoms with Gasteiger partial charge in [-0.3, -0.25) is 19.2 Å². The molecule has 192 valence electrons. The fourth-order valence-corrected chi connectivity index (χ4v) is 3.09. The highest BCUT2D eigenvalue weighted by Gasteiger charge is 2.52. The molecule has 0 aromatic rings. The molecule has 1 heterocycles. The monoisotopic (exact) mass is 488 g/mol. The Labute approximate surface area is 197 Å². The van der Waals surface area contributed by atoms with E-state index in [0.29, 0.717) is 12.8 Å². The lowest BCUT2D eigenvalue weighted by molar-refractivity contribution is -0.308. The molecule has 0 aliphatic carbocycles. The summed E-state index contributed by atoms with van der Waals surface area (Å²) < 4.78 is 37.2. The summed E-state index contributed by atoms with van der Waals surface area (Å²) in [6, 6.07) is 0. The summed E-state index contributed by atoms with van der Waals surface area (Å²) in [5, 5.41) is 0. The molecular weight excluding hydrogens is 456 g/mol. The van der Waals surface area contributed by atoms with Crippen molar-refractivity contribution in [2.45, 2.75) is 78.2 Å². The zero-order valence-corrected chi connectivity index (χ0v) is 20.0. The van der Waals surface area contributed by atoms with Gasteiger partial charge in [-0.25, -0.2) is 4.79 Å². The number of carbonyl (C=O) groups is 5. The van der Waals surface area contributed by atoms with E-state index in [2.05, 4.69) is 0 Å². The van der Waals surface area contributed by atoms with E-state index in [9.17, 15) is 24.0 Å². The maximum Gasteiger partial charge on any atom is 0.330 e. The third kappa shape index (κ3) is 10.8. The molecule has 0 bridgehead atoms. The number of unbranched alkanes of at least 4 members (excludes halogenated alkanes) is 1. The van der Waals surface area contributed by atoms with E-state index in [4.69, 9.17) is 33.2 Å². The van der Waals surface area contributed by atoms with Crippen molar-refractivity contribution in [2.24, 2.45) is 0 Å². The van der Waals surface area contributed by atoms with Crippen molar-refractivity contribution in [3.63, 3.8) is 0 Å². The summed E-state index contributed by atoms with van der Waals surface area (Å²) >= 11 is 0. The van der Waals surface area contributed by atoms with Gasteiger partial charge in [0.2, 0.25) is 0 Å². The molecule has 0 radical (unpaired) electrons. The summed E-state index contributed by atoms with van der Waals surface area (Å²) in [6.07, 6.45) is -2.23. The fourth-order valence-electron chi connectivity index (χ4n) is 3.09. The summed E-state index contributed by atoms with van der Waals surface area (Å²) in [5.74, 6) is -3.22. The summed E-state index contributed by atoms with van der Waals surface area (Å²) in [7, 11) is 0. The van der Waals surface area contributed by atoms with Crippen molar-refractivity contribution in [2.75, 3.05) is 19.8 Å². The second-order valence-electron chi connectivity index (χ2n) is 7.24. The van der Waals surface area contributed by atoms with E-state index in [-0.39, 0.29) is 19.8 Å². The maximum atomic E-state index is 11.8. The third-order valence-electron chi connectivity index (χ3n) is 4.29. The van der Waals surface area contributed by atoms with Gasteiger partial charge < -0.3 is 33.2 Å². The highest BCUT2D eigenvalue weighted by molar-refractivity contribution is 5.81. The van der Waals surface area contributed by atoms with E-state index < -0.39 is 60.6 Å². The van der Waals surface area contributed by atoms with Crippen molar-refractivity contribution in [1.29, 1.82) is 0 Å². The Morgan fingerprint density at radius 2 is 1.38 bits per heavy atom. The number of allylic oxidation sites excluding steroid dienone is 1. The average Bonchev–Trinajstić information content (AvgIpc) is 2.72. The van der Waals surface area contributed by atoms with E-state index in [0.717, 1.165) is 20.8 Å². The van der Waals surface area contributed by atoms with Gasteiger partial charge in [-0.1, -0.05) is 6.08 Å². The van der Waals surface area contributed by atoms with Crippen LogP contribution in [0.5, 0.6) is 0 Å². The van der Waals surface area contributed by atoms with Crippen LogP contribution in [0.3, 0.4) is 0 Å². The Bertz CT molecular complexity index is 746. The van der Waals surface area contributed by atoms with Crippen LogP contribution in [-0.4, -0.2) is 80.4 Å². The molecule has 1 saturated heterocycles. The molecule has 34 heavy (non-hydrogen) atoms. The minimum atomic E-state index is -1.28. The van der Waals surface area contributed by atoms with Crippen LogP contribution in [-0.2, 0) is 57.1 Å². The van der Waals surface area contributed by atoms with Crippen molar-refractivity contribution in [3.05, 3.63) is 12.2 Å². The predicted octanol–water partition coefficient (Wildman–Crippen LogP) is 0.986. The van der Waals surface area contributed by atoms with Crippen molar-refractivity contribution in [1.82, 2.24) is 0 Å². The van der Waals surface area contributed by atoms with Crippen LogP contribution < -0.4 is 0 Å². The van der Waals surface area contributed by atoms with Gasteiger partial charge in [-0.15, -0.1) is 0 Å². The normalized spacial score (nSPS) is 24.2. The Hall–Kier alpha value is -2.99. The second-order valence-corrected chi connectivity index (χ2v) is 7.24. The first-order chi connectivity index (χ1) is 16.0.